The smallest absolute Gasteiger partial charge is 0.0949 e. The Hall–Kier alpha value is -0.860. The molecule has 0 bridgehead atoms. The van der Waals surface area contributed by atoms with E-state index in [1.807, 2.05) is 0 Å². The van der Waals surface area contributed by atoms with Gasteiger partial charge in [-0.25, -0.2) is 0 Å². The van der Waals surface area contributed by atoms with Crippen LogP contribution in [0.1, 0.15) is 44.4 Å². The molecule has 0 amide bonds. The molecule has 0 saturated carbocycles. The zero-order chi connectivity index (χ0) is 12.3. The maximum absolute atomic E-state index is 5.85. The van der Waals surface area contributed by atoms with Crippen LogP contribution in [0, 0.1) is 0 Å². The quantitative estimate of drug-likeness (QED) is 0.805. The second-order valence-electron chi connectivity index (χ2n) is 5.79. The molecule has 1 aliphatic rings. The van der Waals surface area contributed by atoms with Crippen molar-refractivity contribution in [3.05, 3.63) is 35.4 Å². The lowest BCUT2D eigenvalue weighted by Crippen LogP contribution is -2.20. The monoisotopic (exact) mass is 233 g/mol. The number of hydrogen-bond acceptors (Lipinski definition) is 2. The summed E-state index contributed by atoms with van der Waals surface area (Å²) in [5, 5.41) is 3.42. The van der Waals surface area contributed by atoms with E-state index in [2.05, 4.69) is 50.4 Å². The Labute approximate surface area is 104 Å². The van der Waals surface area contributed by atoms with Crippen molar-refractivity contribution in [1.29, 1.82) is 0 Å². The summed E-state index contributed by atoms with van der Waals surface area (Å²) in [5.41, 5.74) is 2.89. The molecule has 1 aliphatic heterocycles. The Kier molecular flexibility index (Phi) is 3.85. The first-order chi connectivity index (χ1) is 8.07. The van der Waals surface area contributed by atoms with E-state index in [1.54, 1.807) is 0 Å². The van der Waals surface area contributed by atoms with Gasteiger partial charge < -0.3 is 10.1 Å². The molecule has 0 spiro atoms. The third-order valence-corrected chi connectivity index (χ3v) is 3.30. The Morgan fingerprint density at radius 3 is 2.53 bits per heavy atom. The molecule has 1 unspecified atom stereocenters. The van der Waals surface area contributed by atoms with Crippen molar-refractivity contribution in [3.8, 4) is 0 Å². The highest BCUT2D eigenvalue weighted by Gasteiger charge is 2.17. The number of ether oxygens (including phenoxy) is 1. The van der Waals surface area contributed by atoms with E-state index in [1.165, 1.54) is 11.1 Å². The van der Waals surface area contributed by atoms with Crippen molar-refractivity contribution in [2.45, 2.75) is 38.7 Å². The second-order valence-corrected chi connectivity index (χ2v) is 5.79. The van der Waals surface area contributed by atoms with Crippen molar-refractivity contribution >= 4 is 0 Å². The van der Waals surface area contributed by atoms with E-state index in [-0.39, 0.29) is 11.5 Å². The summed E-state index contributed by atoms with van der Waals surface area (Å²) in [6.45, 7) is 9.58. The first-order valence-corrected chi connectivity index (χ1v) is 6.50. The minimum Gasteiger partial charge on any atom is -0.372 e. The van der Waals surface area contributed by atoms with Crippen LogP contribution in [0.5, 0.6) is 0 Å². The number of rotatable bonds is 1. The van der Waals surface area contributed by atoms with Crippen molar-refractivity contribution in [3.63, 3.8) is 0 Å². The third-order valence-electron chi connectivity index (χ3n) is 3.30. The molecular formula is C15H23NO. The van der Waals surface area contributed by atoms with Gasteiger partial charge in [0.1, 0.15) is 0 Å². The van der Waals surface area contributed by atoms with E-state index < -0.39 is 0 Å². The zero-order valence-electron chi connectivity index (χ0n) is 11.1. The molecule has 1 atom stereocenters. The van der Waals surface area contributed by atoms with Crippen molar-refractivity contribution in [2.75, 3.05) is 19.7 Å². The lowest BCUT2D eigenvalue weighted by Gasteiger charge is -2.21. The summed E-state index contributed by atoms with van der Waals surface area (Å²) in [7, 11) is 0. The molecule has 0 aromatic heterocycles. The van der Waals surface area contributed by atoms with Crippen LogP contribution in [0.4, 0.5) is 0 Å². The average molecular weight is 233 g/mol. The third kappa shape index (κ3) is 3.30. The van der Waals surface area contributed by atoms with Crippen LogP contribution in [0.15, 0.2) is 24.3 Å². The molecular weight excluding hydrogens is 210 g/mol. The van der Waals surface area contributed by atoms with Gasteiger partial charge in [-0.05, 0) is 29.5 Å². The minimum atomic E-state index is 0.214. The second kappa shape index (κ2) is 5.19. The minimum absolute atomic E-state index is 0.214. The van der Waals surface area contributed by atoms with Gasteiger partial charge >= 0.3 is 0 Å². The number of benzene rings is 1. The zero-order valence-corrected chi connectivity index (χ0v) is 11.1. The maximum Gasteiger partial charge on any atom is 0.0949 e. The Bertz CT molecular complexity index is 342. The van der Waals surface area contributed by atoms with Crippen molar-refractivity contribution in [1.82, 2.24) is 5.32 Å². The average Bonchev–Trinajstić information content (AvgIpc) is 2.56. The maximum atomic E-state index is 5.85. The van der Waals surface area contributed by atoms with E-state index in [4.69, 9.17) is 4.74 Å². The Balaban J connectivity index is 2.11. The number of nitrogens with one attached hydrogen (secondary N) is 1. The topological polar surface area (TPSA) is 21.3 Å². The molecule has 1 saturated heterocycles. The van der Waals surface area contributed by atoms with E-state index in [0.29, 0.717) is 0 Å². The SMILES string of the molecule is CC(C)(C)c1ccc(C2CNCCCO2)cc1. The largest absolute Gasteiger partial charge is 0.372 e. The predicted molar refractivity (Wildman–Crippen MR) is 71.3 cm³/mol. The summed E-state index contributed by atoms with van der Waals surface area (Å²) in [4.78, 5) is 0. The molecule has 1 fully saturated rings. The van der Waals surface area contributed by atoms with E-state index in [0.717, 1.165) is 26.1 Å². The molecule has 2 nitrogen and oxygen atoms in total. The van der Waals surface area contributed by atoms with Gasteiger partial charge in [-0.2, -0.15) is 0 Å². The highest BCUT2D eigenvalue weighted by atomic mass is 16.5. The molecule has 0 radical (unpaired) electrons. The van der Waals surface area contributed by atoms with Gasteiger partial charge in [0.15, 0.2) is 0 Å². The molecule has 94 valence electrons. The molecule has 1 heterocycles. The molecule has 2 rings (SSSR count). The van der Waals surface area contributed by atoms with E-state index >= 15 is 0 Å². The molecule has 2 heteroatoms. The van der Waals surface area contributed by atoms with Crippen molar-refractivity contribution in [2.24, 2.45) is 0 Å². The normalized spacial score (nSPS) is 22.2. The Morgan fingerprint density at radius 1 is 1.18 bits per heavy atom. The summed E-state index contributed by atoms with van der Waals surface area (Å²) in [6.07, 6.45) is 1.32. The van der Waals surface area contributed by atoms with Gasteiger partial charge in [0, 0.05) is 13.2 Å². The fourth-order valence-electron chi connectivity index (χ4n) is 2.13. The van der Waals surface area contributed by atoms with Gasteiger partial charge in [-0.1, -0.05) is 45.0 Å². The van der Waals surface area contributed by atoms with Crippen LogP contribution in [-0.2, 0) is 10.2 Å². The van der Waals surface area contributed by atoms with Gasteiger partial charge in [-0.3, -0.25) is 0 Å². The van der Waals surface area contributed by atoms with Gasteiger partial charge in [0.05, 0.1) is 6.10 Å². The first kappa shape index (κ1) is 12.6. The van der Waals surface area contributed by atoms with Crippen molar-refractivity contribution < 1.29 is 4.74 Å². The van der Waals surface area contributed by atoms with Gasteiger partial charge in [0.2, 0.25) is 0 Å². The fraction of sp³-hybridized carbons (Fsp3) is 0.600. The lowest BCUT2D eigenvalue weighted by atomic mass is 9.86. The summed E-state index contributed by atoms with van der Waals surface area (Å²) >= 11 is 0. The highest BCUT2D eigenvalue weighted by molar-refractivity contribution is 5.29. The molecule has 1 N–H and O–H groups in total. The number of hydrogen-bond donors (Lipinski definition) is 1. The summed E-state index contributed by atoms with van der Waals surface area (Å²) < 4.78 is 5.85. The van der Waals surface area contributed by atoms with Crippen LogP contribution < -0.4 is 5.32 Å². The van der Waals surface area contributed by atoms with Crippen LogP contribution in [-0.4, -0.2) is 19.7 Å². The van der Waals surface area contributed by atoms with Crippen LogP contribution in [0.3, 0.4) is 0 Å². The molecule has 17 heavy (non-hydrogen) atoms. The highest BCUT2D eigenvalue weighted by Crippen LogP contribution is 2.25. The Morgan fingerprint density at radius 2 is 1.88 bits per heavy atom. The molecule has 0 aliphatic carbocycles. The fourth-order valence-corrected chi connectivity index (χ4v) is 2.13. The molecule has 1 aromatic carbocycles. The first-order valence-electron chi connectivity index (χ1n) is 6.50. The summed E-state index contributed by atoms with van der Waals surface area (Å²) in [6, 6.07) is 8.86. The lowest BCUT2D eigenvalue weighted by molar-refractivity contribution is 0.0669. The predicted octanol–water partition coefficient (Wildman–Crippen LogP) is 3.04. The molecule has 1 aromatic rings. The van der Waals surface area contributed by atoms with Crippen LogP contribution in [0.2, 0.25) is 0 Å². The summed E-state index contributed by atoms with van der Waals surface area (Å²) in [5.74, 6) is 0. The standard InChI is InChI=1S/C15H23NO/c1-15(2,3)13-7-5-12(6-8-13)14-11-16-9-4-10-17-14/h5-8,14,16H,4,9-11H2,1-3H3. The van der Waals surface area contributed by atoms with E-state index in [9.17, 15) is 0 Å². The van der Waals surface area contributed by atoms with Crippen LogP contribution >= 0.6 is 0 Å². The van der Waals surface area contributed by atoms with Gasteiger partial charge in [-0.15, -0.1) is 0 Å². The van der Waals surface area contributed by atoms with Gasteiger partial charge in [0.25, 0.3) is 0 Å². The van der Waals surface area contributed by atoms with Crippen LogP contribution in [0.25, 0.3) is 0 Å².